The fourth-order valence-corrected chi connectivity index (χ4v) is 4.83. The maximum atomic E-state index is 12.8. The molecule has 1 aromatic rings. The number of halogens is 2. The number of hydrogen-bond donors (Lipinski definition) is 2. The molecule has 2 fully saturated rings. The van der Waals surface area contributed by atoms with Crippen LogP contribution >= 0.6 is 23.2 Å². The molecule has 12 heteroatoms. The lowest BCUT2D eigenvalue weighted by molar-refractivity contribution is -0.817. The van der Waals surface area contributed by atoms with Crippen molar-refractivity contribution in [2.24, 2.45) is 5.92 Å². The zero-order valence-corrected chi connectivity index (χ0v) is 19.8. The number of carbonyl (C=O) groups excluding carboxylic acids is 4. The first kappa shape index (κ1) is 24.3. The summed E-state index contributed by atoms with van der Waals surface area (Å²) in [5, 5.41) is 5.85. The van der Waals surface area contributed by atoms with Gasteiger partial charge in [-0.05, 0) is 37.5 Å². The van der Waals surface area contributed by atoms with Gasteiger partial charge in [0.05, 0.1) is 23.1 Å². The second-order valence-corrected chi connectivity index (χ2v) is 9.79. The van der Waals surface area contributed by atoms with Crippen molar-refractivity contribution in [1.29, 1.82) is 0 Å². The fraction of sp³-hybridized carbons (Fsp3) is 0.500. The van der Waals surface area contributed by atoms with Crippen molar-refractivity contribution in [1.82, 2.24) is 10.6 Å². The molecule has 0 bridgehead atoms. The number of quaternary nitrogens is 1. The van der Waals surface area contributed by atoms with Gasteiger partial charge in [-0.3, -0.25) is 14.4 Å². The summed E-state index contributed by atoms with van der Waals surface area (Å²) >= 11 is 11.9. The molecular formula is C20H26BCl2N3O6. The summed E-state index contributed by atoms with van der Waals surface area (Å²) < 4.78 is 11.2. The van der Waals surface area contributed by atoms with Crippen LogP contribution in [0.2, 0.25) is 10.0 Å². The van der Waals surface area contributed by atoms with Crippen LogP contribution in [0, 0.1) is 5.92 Å². The molecule has 32 heavy (non-hydrogen) atoms. The highest BCUT2D eigenvalue weighted by atomic mass is 35.5. The van der Waals surface area contributed by atoms with E-state index in [9.17, 15) is 19.2 Å². The van der Waals surface area contributed by atoms with E-state index in [4.69, 9.17) is 32.5 Å². The Morgan fingerprint density at radius 1 is 1.25 bits per heavy atom. The highest BCUT2D eigenvalue weighted by Gasteiger charge is 2.72. The molecule has 4 atom stereocenters. The van der Waals surface area contributed by atoms with Gasteiger partial charge in [0, 0.05) is 12.1 Å². The number of benzene rings is 1. The predicted molar refractivity (Wildman–Crippen MR) is 119 cm³/mol. The van der Waals surface area contributed by atoms with Gasteiger partial charge >= 0.3 is 18.6 Å². The topological polar surface area (TPSA) is 111 Å². The maximum Gasteiger partial charge on any atom is 0.605 e. The smallest absolute Gasteiger partial charge is 0.599 e. The van der Waals surface area contributed by atoms with Gasteiger partial charge < -0.3 is 24.3 Å². The third-order valence-corrected chi connectivity index (χ3v) is 6.83. The molecule has 0 saturated carbocycles. The Kier molecular flexibility index (Phi) is 6.79. The highest BCUT2D eigenvalue weighted by molar-refractivity contribution is 6.68. The monoisotopic (exact) mass is 485 g/mol. The van der Waals surface area contributed by atoms with E-state index in [1.54, 1.807) is 20.0 Å². The van der Waals surface area contributed by atoms with Crippen LogP contribution < -0.4 is 10.6 Å². The van der Waals surface area contributed by atoms with Crippen LogP contribution in [0.5, 0.6) is 0 Å². The van der Waals surface area contributed by atoms with Crippen molar-refractivity contribution in [2.45, 2.75) is 39.2 Å². The Morgan fingerprint density at radius 2 is 1.94 bits per heavy atom. The first-order chi connectivity index (χ1) is 14.9. The number of amides is 2. The third kappa shape index (κ3) is 4.31. The van der Waals surface area contributed by atoms with E-state index < -0.39 is 42.4 Å². The minimum absolute atomic E-state index is 0.0264. The quantitative estimate of drug-likeness (QED) is 0.568. The normalized spacial score (nSPS) is 27.5. The molecule has 2 N–H and O–H groups in total. The minimum atomic E-state index is -2.51. The number of nitrogens with zero attached hydrogens (tertiary/aromatic N) is 1. The van der Waals surface area contributed by atoms with Crippen LogP contribution in [0.3, 0.4) is 0 Å². The van der Waals surface area contributed by atoms with E-state index in [1.807, 2.05) is 13.8 Å². The van der Waals surface area contributed by atoms with Crippen LogP contribution in [0.15, 0.2) is 18.2 Å². The van der Waals surface area contributed by atoms with Crippen LogP contribution in [0.4, 0.5) is 0 Å². The van der Waals surface area contributed by atoms with Gasteiger partial charge in [-0.1, -0.05) is 37.0 Å². The molecule has 2 unspecified atom stereocenters. The molecule has 2 aliphatic heterocycles. The second kappa shape index (κ2) is 8.92. The largest absolute Gasteiger partial charge is 0.605 e. The Balaban J connectivity index is 1.77. The van der Waals surface area contributed by atoms with Gasteiger partial charge in [0.25, 0.3) is 5.91 Å². The van der Waals surface area contributed by atoms with E-state index in [0.29, 0.717) is 11.4 Å². The lowest BCUT2D eigenvalue weighted by atomic mass is 9.57. The van der Waals surface area contributed by atoms with E-state index in [2.05, 4.69) is 10.6 Å². The van der Waals surface area contributed by atoms with Crippen molar-refractivity contribution in [3.63, 3.8) is 0 Å². The van der Waals surface area contributed by atoms with Crippen LogP contribution in [0.25, 0.3) is 0 Å². The molecule has 2 amide bonds. The maximum absolute atomic E-state index is 12.8. The molecule has 0 spiro atoms. The molecule has 0 aromatic heterocycles. The summed E-state index contributed by atoms with van der Waals surface area (Å²) in [5.41, 5.74) is 0.140. The Bertz CT molecular complexity index is 977. The average molecular weight is 486 g/mol. The number of rotatable bonds is 7. The first-order valence-corrected chi connectivity index (χ1v) is 11.1. The summed E-state index contributed by atoms with van der Waals surface area (Å²) in [6.07, 6.45) is 0.404. The Morgan fingerprint density at radius 3 is 2.59 bits per heavy atom. The standard InChI is InChI=1S/C20H26BCl2N3O6/c1-11(2)7-16(21-26(4,10-18(28)31-21)12(3)20(30)32-21)25-17(27)9-24-19(29)14-8-13(22)5-6-15(14)23/h5-6,8,11-12,16H,7,9-10H2,1-4H3,(H,24,29)(H,25,27)/t12-,16-,21?,26?/m0/s1. The van der Waals surface area contributed by atoms with Crippen molar-refractivity contribution in [3.8, 4) is 0 Å². The van der Waals surface area contributed by atoms with Crippen molar-refractivity contribution in [3.05, 3.63) is 33.8 Å². The first-order valence-electron chi connectivity index (χ1n) is 10.4. The number of nitrogens with one attached hydrogen (secondary N) is 2. The molecule has 0 aliphatic carbocycles. The van der Waals surface area contributed by atoms with Gasteiger partial charge in [0.1, 0.15) is 12.6 Å². The summed E-state index contributed by atoms with van der Waals surface area (Å²) in [6.45, 7) is 2.67. The molecule has 9 nitrogen and oxygen atoms in total. The summed E-state index contributed by atoms with van der Waals surface area (Å²) in [7, 11) is 1.73. The zero-order chi connectivity index (χ0) is 23.8. The zero-order valence-electron chi connectivity index (χ0n) is 18.3. The van der Waals surface area contributed by atoms with Gasteiger partial charge in [-0.15, -0.1) is 0 Å². The number of fused-ring (bicyclic) bond motifs is 1. The molecular weight excluding hydrogens is 460 g/mol. The van der Waals surface area contributed by atoms with E-state index in [-0.39, 0.29) is 34.0 Å². The third-order valence-electron chi connectivity index (χ3n) is 6.27. The lowest BCUT2D eigenvalue weighted by Gasteiger charge is -2.46. The molecule has 3 rings (SSSR count). The Hall–Kier alpha value is -2.30. The van der Waals surface area contributed by atoms with Crippen molar-refractivity contribution < 1.29 is 32.9 Å². The molecule has 2 heterocycles. The molecule has 1 aromatic carbocycles. The second-order valence-electron chi connectivity index (χ2n) is 8.95. The van der Waals surface area contributed by atoms with Crippen LogP contribution in [0.1, 0.15) is 37.6 Å². The summed E-state index contributed by atoms with van der Waals surface area (Å²) in [5.74, 6) is -2.71. The summed E-state index contributed by atoms with van der Waals surface area (Å²) in [4.78, 5) is 49.8. The number of likely N-dealkylation sites (N-methyl/N-ethyl adjacent to an activating group) is 1. The molecule has 2 aliphatic rings. The van der Waals surface area contributed by atoms with Gasteiger partial charge in [-0.2, -0.15) is 0 Å². The van der Waals surface area contributed by atoms with E-state index in [1.165, 1.54) is 12.1 Å². The lowest BCUT2D eigenvalue weighted by Crippen LogP contribution is -2.73. The SMILES string of the molecule is CC(C)C[C@H](NC(=O)CNC(=O)c1cc(Cl)ccc1Cl)[B-]12OC(=O)C[N+]1(C)[C@@H](C)C(=O)O2. The highest BCUT2D eigenvalue weighted by Crippen LogP contribution is 2.41. The molecule has 2 saturated heterocycles. The van der Waals surface area contributed by atoms with Gasteiger partial charge in [0.2, 0.25) is 5.91 Å². The van der Waals surface area contributed by atoms with Gasteiger partial charge in [-0.25, -0.2) is 4.79 Å². The van der Waals surface area contributed by atoms with E-state index in [0.717, 1.165) is 0 Å². The van der Waals surface area contributed by atoms with Crippen LogP contribution in [-0.2, 0) is 23.7 Å². The number of carbonyl (C=O) groups is 4. The minimum Gasteiger partial charge on any atom is -0.599 e. The van der Waals surface area contributed by atoms with Gasteiger partial charge in [0.15, 0.2) is 0 Å². The summed E-state index contributed by atoms with van der Waals surface area (Å²) in [6, 6.07) is 3.83. The van der Waals surface area contributed by atoms with Crippen molar-refractivity contribution in [2.75, 3.05) is 20.1 Å². The Labute approximate surface area is 196 Å². The van der Waals surface area contributed by atoms with E-state index >= 15 is 0 Å². The average Bonchev–Trinajstić information content (AvgIpc) is 3.06. The number of hydrogen-bond acceptors (Lipinski definition) is 6. The van der Waals surface area contributed by atoms with Crippen LogP contribution in [-0.4, -0.2) is 67.0 Å². The van der Waals surface area contributed by atoms with Crippen molar-refractivity contribution >= 4 is 53.6 Å². The molecule has 0 radical (unpaired) electrons. The predicted octanol–water partition coefficient (Wildman–Crippen LogP) is 1.68. The fourth-order valence-electron chi connectivity index (χ4n) is 4.45. The molecule has 174 valence electrons.